The number of hydrogen-bond acceptors (Lipinski definition) is 10. The van der Waals surface area contributed by atoms with E-state index in [1.165, 1.54) is 6.92 Å². The maximum absolute atomic E-state index is 10.3. The van der Waals surface area contributed by atoms with E-state index in [2.05, 4.69) is 0 Å². The number of carbonyl (C=O) groups is 6. The second kappa shape index (κ2) is 14.6. The van der Waals surface area contributed by atoms with Crippen LogP contribution in [0.5, 0.6) is 0 Å². The summed E-state index contributed by atoms with van der Waals surface area (Å²) < 4.78 is 0. The van der Waals surface area contributed by atoms with Gasteiger partial charge < -0.3 is 51.1 Å². The van der Waals surface area contributed by atoms with Gasteiger partial charge in [-0.2, -0.15) is 0 Å². The van der Waals surface area contributed by atoms with Crippen molar-refractivity contribution < 1.29 is 79.8 Å². The van der Waals surface area contributed by atoms with E-state index in [4.69, 9.17) is 51.1 Å². The van der Waals surface area contributed by atoms with Crippen LogP contribution in [0.1, 0.15) is 32.6 Å². The van der Waals surface area contributed by atoms with E-state index in [-0.39, 0.29) is 6.61 Å². The van der Waals surface area contributed by atoms with Crippen molar-refractivity contribution in [2.24, 2.45) is 0 Å². The van der Waals surface area contributed by atoms with Gasteiger partial charge in [-0.1, -0.05) is 0 Å². The van der Waals surface area contributed by atoms with Gasteiger partial charge in [0.1, 0.15) is 0 Å². The van der Waals surface area contributed by atoms with Gasteiger partial charge in [0.15, 0.2) is 11.2 Å². The summed E-state index contributed by atoms with van der Waals surface area (Å²) in [6.45, 7) is 1.39. The second-order valence-corrected chi connectivity index (χ2v) is 5.99. The smallest absolute Gasteiger partial charge is 0.336 e. The Morgan fingerprint density at radius 2 is 0.774 bits per heavy atom. The standard InChI is InChI=1S/2C6H8O7.C3H8O2/c2*7-3(8)1-6(13,5(11)12)2-4(9)10;1-3(5)2-4/h2*13H,1-2H2,(H,7,8)(H,9,10)(H,11,12);3-5H,2H2,1H3. The van der Waals surface area contributed by atoms with E-state index < -0.39 is 78.8 Å². The van der Waals surface area contributed by atoms with Crippen molar-refractivity contribution in [3.8, 4) is 0 Å². The van der Waals surface area contributed by atoms with Crippen LogP contribution in [0.15, 0.2) is 0 Å². The van der Waals surface area contributed by atoms with Crippen LogP contribution in [-0.2, 0) is 28.8 Å². The molecule has 0 saturated carbocycles. The summed E-state index contributed by atoms with van der Waals surface area (Å²) in [6.07, 6.45) is -5.14. The van der Waals surface area contributed by atoms with E-state index in [0.717, 1.165) is 0 Å². The third-order valence-corrected chi connectivity index (χ3v) is 2.84. The topological polar surface area (TPSA) is 305 Å². The third kappa shape index (κ3) is 17.2. The third-order valence-electron chi connectivity index (χ3n) is 2.84. The minimum absolute atomic E-state index is 0.139. The molecular weight excluding hydrogens is 436 g/mol. The molecule has 180 valence electrons. The lowest BCUT2D eigenvalue weighted by molar-refractivity contribution is -0.170. The SMILES string of the molecule is CC(O)CO.O=C(O)CC(O)(CC(=O)O)C(=O)O.O=C(O)CC(O)(CC(=O)O)C(=O)O. The number of carboxylic acids is 6. The Hall–Kier alpha value is -3.34. The highest BCUT2D eigenvalue weighted by molar-refractivity contribution is 5.88. The molecule has 0 bridgehead atoms. The molecule has 0 aromatic rings. The lowest BCUT2D eigenvalue weighted by atomic mass is 9.96. The lowest BCUT2D eigenvalue weighted by Crippen LogP contribution is -2.42. The van der Waals surface area contributed by atoms with E-state index in [1.54, 1.807) is 0 Å². The van der Waals surface area contributed by atoms with Crippen molar-refractivity contribution in [3.63, 3.8) is 0 Å². The van der Waals surface area contributed by atoms with Gasteiger partial charge in [-0.25, -0.2) is 9.59 Å². The molecule has 1 unspecified atom stereocenters. The molecule has 0 saturated heterocycles. The first-order chi connectivity index (χ1) is 13.8. The monoisotopic (exact) mass is 460 g/mol. The average Bonchev–Trinajstić information content (AvgIpc) is 2.52. The molecule has 0 spiro atoms. The summed E-state index contributed by atoms with van der Waals surface area (Å²) >= 11 is 0. The highest BCUT2D eigenvalue weighted by Crippen LogP contribution is 2.16. The molecule has 31 heavy (non-hydrogen) atoms. The van der Waals surface area contributed by atoms with E-state index in [0.29, 0.717) is 0 Å². The summed E-state index contributed by atoms with van der Waals surface area (Å²) in [7, 11) is 0. The molecule has 0 aliphatic carbocycles. The van der Waals surface area contributed by atoms with Crippen LogP contribution >= 0.6 is 0 Å². The fourth-order valence-corrected chi connectivity index (χ4v) is 1.43. The molecule has 1 atom stereocenters. The van der Waals surface area contributed by atoms with Crippen molar-refractivity contribution in [1.82, 2.24) is 0 Å². The Balaban J connectivity index is -0.000000416. The number of hydrogen-bond donors (Lipinski definition) is 10. The fourth-order valence-electron chi connectivity index (χ4n) is 1.43. The molecule has 10 N–H and O–H groups in total. The van der Waals surface area contributed by atoms with Crippen LogP contribution in [-0.4, -0.2) is 111 Å². The minimum Gasteiger partial charge on any atom is -0.481 e. The Bertz CT molecular complexity index is 567. The summed E-state index contributed by atoms with van der Waals surface area (Å²) in [5.41, 5.74) is -5.48. The number of aliphatic hydroxyl groups excluding tert-OH is 2. The Kier molecular flexibility index (Phi) is 15.2. The molecule has 0 aromatic carbocycles. The fraction of sp³-hybridized carbons (Fsp3) is 0.600. The number of carboxylic acid groups (broad SMARTS) is 6. The van der Waals surface area contributed by atoms with Crippen molar-refractivity contribution in [3.05, 3.63) is 0 Å². The first kappa shape index (κ1) is 32.3. The molecule has 0 aliphatic heterocycles. The Labute approximate surface area is 173 Å². The first-order valence-electron chi connectivity index (χ1n) is 7.90. The van der Waals surface area contributed by atoms with Crippen LogP contribution in [0, 0.1) is 0 Å². The average molecular weight is 460 g/mol. The Morgan fingerprint density at radius 1 is 0.613 bits per heavy atom. The minimum atomic E-state index is -2.74. The lowest BCUT2D eigenvalue weighted by Gasteiger charge is -2.18. The zero-order valence-corrected chi connectivity index (χ0v) is 16.0. The first-order valence-corrected chi connectivity index (χ1v) is 7.90. The molecule has 0 aliphatic rings. The van der Waals surface area contributed by atoms with Gasteiger partial charge in [-0.05, 0) is 6.92 Å². The van der Waals surface area contributed by atoms with Crippen molar-refractivity contribution in [2.75, 3.05) is 6.61 Å². The molecule has 16 heteroatoms. The molecule has 0 rings (SSSR count). The van der Waals surface area contributed by atoms with E-state index in [9.17, 15) is 28.8 Å². The maximum atomic E-state index is 10.3. The van der Waals surface area contributed by atoms with Gasteiger partial charge in [0.05, 0.1) is 38.4 Å². The normalized spacial score (nSPS) is 11.5. The summed E-state index contributed by atoms with van der Waals surface area (Å²) in [6, 6.07) is 0. The van der Waals surface area contributed by atoms with Crippen LogP contribution in [0.2, 0.25) is 0 Å². The van der Waals surface area contributed by atoms with Gasteiger partial charge in [-0.15, -0.1) is 0 Å². The number of aliphatic hydroxyl groups is 4. The molecule has 0 amide bonds. The van der Waals surface area contributed by atoms with Crippen molar-refractivity contribution in [2.45, 2.75) is 49.9 Å². The zero-order chi connectivity index (χ0) is 25.6. The van der Waals surface area contributed by atoms with Crippen molar-refractivity contribution >= 4 is 35.8 Å². The molecule has 0 fully saturated rings. The summed E-state index contributed by atoms with van der Waals surface area (Å²) in [5, 5.41) is 83.6. The van der Waals surface area contributed by atoms with Gasteiger partial charge in [-0.3, -0.25) is 19.2 Å². The van der Waals surface area contributed by atoms with Crippen molar-refractivity contribution in [1.29, 1.82) is 0 Å². The zero-order valence-electron chi connectivity index (χ0n) is 16.0. The number of rotatable bonds is 11. The predicted molar refractivity (Wildman–Crippen MR) is 92.9 cm³/mol. The molecule has 0 aromatic heterocycles. The van der Waals surface area contributed by atoms with Crippen LogP contribution < -0.4 is 0 Å². The number of aliphatic carboxylic acids is 6. The van der Waals surface area contributed by atoms with Crippen LogP contribution in [0.4, 0.5) is 0 Å². The van der Waals surface area contributed by atoms with Gasteiger partial charge in [0, 0.05) is 0 Å². The van der Waals surface area contributed by atoms with E-state index in [1.807, 2.05) is 0 Å². The highest BCUT2D eigenvalue weighted by atomic mass is 16.4. The van der Waals surface area contributed by atoms with Gasteiger partial charge >= 0.3 is 35.8 Å². The van der Waals surface area contributed by atoms with E-state index >= 15 is 0 Å². The summed E-state index contributed by atoms with van der Waals surface area (Å²) in [5.74, 6) is -10.0. The molecular formula is C15H24O16. The largest absolute Gasteiger partial charge is 0.481 e. The maximum Gasteiger partial charge on any atom is 0.336 e. The molecule has 16 nitrogen and oxygen atoms in total. The molecule has 0 heterocycles. The quantitative estimate of drug-likeness (QED) is 0.146. The molecule has 0 radical (unpaired) electrons. The summed E-state index contributed by atoms with van der Waals surface area (Å²) in [4.78, 5) is 61.0. The highest BCUT2D eigenvalue weighted by Gasteiger charge is 2.41. The van der Waals surface area contributed by atoms with Crippen LogP contribution in [0.25, 0.3) is 0 Å². The Morgan fingerprint density at radius 3 is 0.839 bits per heavy atom. The van der Waals surface area contributed by atoms with Gasteiger partial charge in [0.2, 0.25) is 0 Å². The van der Waals surface area contributed by atoms with Gasteiger partial charge in [0.25, 0.3) is 0 Å². The predicted octanol–water partition coefficient (Wildman–Crippen LogP) is -3.14. The van der Waals surface area contributed by atoms with Crippen LogP contribution in [0.3, 0.4) is 0 Å². The second-order valence-electron chi connectivity index (χ2n) is 5.99.